The number of H-pyrrole nitrogens is 1. The van der Waals surface area contributed by atoms with Crippen LogP contribution in [-0.2, 0) is 4.79 Å². The summed E-state index contributed by atoms with van der Waals surface area (Å²) >= 11 is 0. The predicted octanol–water partition coefficient (Wildman–Crippen LogP) is 3.25. The van der Waals surface area contributed by atoms with Crippen molar-refractivity contribution in [3.05, 3.63) is 41.4 Å². The molecule has 0 saturated heterocycles. The third kappa shape index (κ3) is 4.95. The molecule has 3 aliphatic rings. The maximum atomic E-state index is 15.5. The summed E-state index contributed by atoms with van der Waals surface area (Å²) in [5.74, 6) is -0.362. The average Bonchev–Trinajstić information content (AvgIpc) is 3.75. The Morgan fingerprint density at radius 1 is 1.45 bits per heavy atom. The molecule has 2 fully saturated rings. The van der Waals surface area contributed by atoms with Gasteiger partial charge in [-0.2, -0.15) is 5.10 Å². The molecular formula is C23H27FN6O3. The van der Waals surface area contributed by atoms with Crippen molar-refractivity contribution in [2.45, 2.75) is 38.2 Å². The topological polar surface area (TPSA) is 115 Å². The number of benzene rings is 1. The summed E-state index contributed by atoms with van der Waals surface area (Å²) in [7, 11) is 1.37. The van der Waals surface area contributed by atoms with Crippen LogP contribution in [0, 0.1) is 11.7 Å². The number of hydrogen-bond donors (Lipinski definition) is 3. The van der Waals surface area contributed by atoms with Crippen LogP contribution in [0.1, 0.15) is 49.3 Å². The zero-order valence-corrected chi connectivity index (χ0v) is 18.4. The monoisotopic (exact) mass is 454 g/mol. The Hall–Kier alpha value is -3.53. The molecule has 3 N–H and O–H groups in total. The second kappa shape index (κ2) is 9.95. The number of ether oxygens (including phenoxy) is 1. The number of aliphatic hydroxyl groups is 1. The molecule has 2 aromatic rings. The number of rotatable bonds is 8. The Balaban J connectivity index is 0.000000799. The minimum atomic E-state index is -0.935. The molecule has 10 heteroatoms. The molecule has 0 bridgehead atoms. The number of carbonyl (C=O) groups is 1. The first-order valence-electron chi connectivity index (χ1n) is 10.9. The number of fused-ring (bicyclic) bond motifs is 1. The Morgan fingerprint density at radius 3 is 2.82 bits per heavy atom. The van der Waals surface area contributed by atoms with E-state index in [1.54, 1.807) is 29.7 Å². The molecule has 1 unspecified atom stereocenters. The highest BCUT2D eigenvalue weighted by Crippen LogP contribution is 2.47. The molecule has 174 valence electrons. The third-order valence-corrected chi connectivity index (χ3v) is 5.50. The quantitative estimate of drug-likeness (QED) is 0.418. The fourth-order valence-electron chi connectivity index (χ4n) is 3.55. The van der Waals surface area contributed by atoms with Gasteiger partial charge in [-0.05, 0) is 25.5 Å². The lowest BCUT2D eigenvalue weighted by atomic mass is 9.96. The first kappa shape index (κ1) is 22.7. The number of nitrogens with one attached hydrogen (secondary N) is 2. The van der Waals surface area contributed by atoms with Gasteiger partial charge in [-0.25, -0.2) is 9.38 Å². The lowest BCUT2D eigenvalue weighted by molar-refractivity contribution is -0.108. The highest BCUT2D eigenvalue weighted by molar-refractivity contribution is 5.98. The summed E-state index contributed by atoms with van der Waals surface area (Å²) in [6.07, 6.45) is 12.2. The van der Waals surface area contributed by atoms with Gasteiger partial charge in [0.2, 0.25) is 6.41 Å². The zero-order valence-electron chi connectivity index (χ0n) is 18.4. The molecule has 1 aromatic carbocycles. The molecule has 1 amide bonds. The van der Waals surface area contributed by atoms with Crippen LogP contribution in [0.4, 0.5) is 4.39 Å². The molecule has 1 atom stereocenters. The maximum Gasteiger partial charge on any atom is 0.212 e. The summed E-state index contributed by atoms with van der Waals surface area (Å²) in [6.45, 7) is 3.83. The lowest BCUT2D eigenvalue weighted by Gasteiger charge is -2.22. The van der Waals surface area contributed by atoms with E-state index in [9.17, 15) is 9.90 Å². The molecule has 33 heavy (non-hydrogen) atoms. The fraction of sp³-hybridized carbons (Fsp3) is 0.391. The van der Waals surface area contributed by atoms with Gasteiger partial charge >= 0.3 is 0 Å². The first-order chi connectivity index (χ1) is 16.1. The lowest BCUT2D eigenvalue weighted by Crippen LogP contribution is -2.20. The van der Waals surface area contributed by atoms with Crippen molar-refractivity contribution in [3.63, 3.8) is 0 Å². The molecule has 0 spiro atoms. The molecule has 1 aliphatic heterocycles. The standard InChI is InChI=1S/C20H21FN6O3.C3H6/c1-22-14(24-10-28)9-27-6-5-23-13(8-27)15-12-7-25-26-18(12)16(17(21)20(15)30-2)19(29)11-3-4-11;1-2-3-1/h5,7-11,19,29H,1,3-4,6H2,2H3,(H,24,28)(H,25,26);1-3H2/b14-9+;. The number of halogens is 1. The van der Waals surface area contributed by atoms with Crippen molar-refractivity contribution in [1.82, 2.24) is 20.4 Å². The van der Waals surface area contributed by atoms with E-state index in [2.05, 4.69) is 32.2 Å². The van der Waals surface area contributed by atoms with Gasteiger partial charge in [0.1, 0.15) is 5.82 Å². The number of methoxy groups -OCH3 is 1. The van der Waals surface area contributed by atoms with Crippen LogP contribution in [0.15, 0.2) is 34.4 Å². The van der Waals surface area contributed by atoms with Gasteiger partial charge in [-0.3, -0.25) is 14.9 Å². The number of aromatic nitrogens is 2. The van der Waals surface area contributed by atoms with Crippen LogP contribution in [0.3, 0.4) is 0 Å². The van der Waals surface area contributed by atoms with Crippen LogP contribution in [0.5, 0.6) is 5.75 Å². The Labute approximate surface area is 190 Å². The zero-order chi connectivity index (χ0) is 23.4. The SMILES string of the molecule is C1CC1.C=N/C(=C\N1C=C(c2c(OC)c(F)c(C(O)C3CC3)c3[nH]ncc23)N=CC1)NC=O. The molecule has 5 rings (SSSR count). The number of amides is 1. The summed E-state index contributed by atoms with van der Waals surface area (Å²) in [5.41, 5.74) is 1.43. The van der Waals surface area contributed by atoms with Gasteiger partial charge < -0.3 is 20.1 Å². The predicted molar refractivity (Wildman–Crippen MR) is 124 cm³/mol. The number of carbonyl (C=O) groups excluding carboxylic acids is 1. The van der Waals surface area contributed by atoms with Crippen molar-refractivity contribution >= 4 is 35.9 Å². The molecule has 0 radical (unpaired) electrons. The number of nitrogens with zero attached hydrogens (tertiary/aromatic N) is 4. The molecular weight excluding hydrogens is 427 g/mol. The molecule has 2 heterocycles. The van der Waals surface area contributed by atoms with Gasteiger partial charge in [0, 0.05) is 29.6 Å². The minimum Gasteiger partial charge on any atom is -0.493 e. The Bertz CT molecular complexity index is 1130. The van der Waals surface area contributed by atoms with Crippen molar-refractivity contribution in [2.75, 3.05) is 13.7 Å². The van der Waals surface area contributed by atoms with Crippen molar-refractivity contribution in [1.29, 1.82) is 0 Å². The number of aliphatic hydroxyl groups excluding tert-OH is 1. The average molecular weight is 455 g/mol. The van der Waals surface area contributed by atoms with Gasteiger partial charge in [0.05, 0.1) is 42.7 Å². The van der Waals surface area contributed by atoms with Crippen LogP contribution in [-0.4, -0.2) is 53.2 Å². The second-order valence-electron chi connectivity index (χ2n) is 8.09. The fourth-order valence-corrected chi connectivity index (χ4v) is 3.55. The van der Waals surface area contributed by atoms with E-state index in [0.29, 0.717) is 35.1 Å². The minimum absolute atomic E-state index is 0.0130. The van der Waals surface area contributed by atoms with Crippen LogP contribution in [0.2, 0.25) is 0 Å². The molecule has 2 aliphatic carbocycles. The van der Waals surface area contributed by atoms with Crippen LogP contribution >= 0.6 is 0 Å². The normalized spacial score (nSPS) is 18.2. The summed E-state index contributed by atoms with van der Waals surface area (Å²) < 4.78 is 20.9. The van der Waals surface area contributed by atoms with Crippen LogP contribution < -0.4 is 10.1 Å². The van der Waals surface area contributed by atoms with E-state index in [-0.39, 0.29) is 23.1 Å². The van der Waals surface area contributed by atoms with Gasteiger partial charge in [-0.1, -0.05) is 19.3 Å². The van der Waals surface area contributed by atoms with E-state index in [1.165, 1.54) is 26.4 Å². The second-order valence-corrected chi connectivity index (χ2v) is 8.09. The van der Waals surface area contributed by atoms with Gasteiger partial charge in [-0.15, -0.1) is 0 Å². The number of aromatic amines is 1. The van der Waals surface area contributed by atoms with Crippen molar-refractivity contribution < 1.29 is 19.0 Å². The summed E-state index contributed by atoms with van der Waals surface area (Å²) in [6, 6.07) is 0. The smallest absolute Gasteiger partial charge is 0.212 e. The van der Waals surface area contributed by atoms with E-state index >= 15 is 4.39 Å². The Kier molecular flexibility index (Phi) is 6.83. The number of aliphatic imine (C=N–C) groups is 2. The molecule has 1 aromatic heterocycles. The maximum absolute atomic E-state index is 15.5. The molecule has 9 nitrogen and oxygen atoms in total. The van der Waals surface area contributed by atoms with Crippen LogP contribution in [0.25, 0.3) is 16.6 Å². The summed E-state index contributed by atoms with van der Waals surface area (Å²) in [5, 5.41) is 20.5. The number of hydrogen-bond acceptors (Lipinski definition) is 7. The van der Waals surface area contributed by atoms with E-state index < -0.39 is 11.9 Å². The third-order valence-electron chi connectivity index (χ3n) is 5.50. The summed E-state index contributed by atoms with van der Waals surface area (Å²) in [4.78, 5) is 20.6. The van der Waals surface area contributed by atoms with E-state index in [1.807, 2.05) is 0 Å². The van der Waals surface area contributed by atoms with Gasteiger partial charge in [0.15, 0.2) is 11.6 Å². The van der Waals surface area contributed by atoms with E-state index in [4.69, 9.17) is 4.74 Å². The van der Waals surface area contributed by atoms with E-state index in [0.717, 1.165) is 12.8 Å². The van der Waals surface area contributed by atoms with Crippen molar-refractivity contribution in [3.8, 4) is 5.75 Å². The first-order valence-corrected chi connectivity index (χ1v) is 10.9. The largest absolute Gasteiger partial charge is 0.493 e. The Morgan fingerprint density at radius 2 is 2.21 bits per heavy atom. The van der Waals surface area contributed by atoms with Gasteiger partial charge in [0.25, 0.3) is 0 Å². The molecule has 2 saturated carbocycles. The highest BCUT2D eigenvalue weighted by Gasteiger charge is 2.36. The highest BCUT2D eigenvalue weighted by atomic mass is 19.1. The van der Waals surface area contributed by atoms with Crippen molar-refractivity contribution in [2.24, 2.45) is 15.9 Å².